The van der Waals surface area contributed by atoms with Gasteiger partial charge in [-0.15, -0.1) is 0 Å². The van der Waals surface area contributed by atoms with Gasteiger partial charge in [-0.3, -0.25) is 0 Å². The number of hydrogen-bond acceptors (Lipinski definition) is 4. The van der Waals surface area contributed by atoms with Crippen LogP contribution in [-0.2, 0) is 6.42 Å². The normalized spacial score (nSPS) is 21.2. The highest BCUT2D eigenvalue weighted by atomic mass is 32.1. The third-order valence-corrected chi connectivity index (χ3v) is 5.25. The van der Waals surface area contributed by atoms with E-state index in [1.54, 1.807) is 0 Å². The molecule has 0 radical (unpaired) electrons. The van der Waals surface area contributed by atoms with E-state index in [0.717, 1.165) is 19.5 Å². The summed E-state index contributed by atoms with van der Waals surface area (Å²) >= 11 is 1.89. The van der Waals surface area contributed by atoms with Crippen LogP contribution in [0.4, 0.5) is 5.13 Å². The van der Waals surface area contributed by atoms with Crippen LogP contribution < -0.4 is 10.2 Å². The highest BCUT2D eigenvalue weighted by Gasteiger charge is 2.35. The molecule has 1 heterocycles. The molecule has 2 rings (SSSR count). The van der Waals surface area contributed by atoms with Crippen molar-refractivity contribution in [3.8, 4) is 0 Å². The van der Waals surface area contributed by atoms with Gasteiger partial charge < -0.3 is 10.2 Å². The van der Waals surface area contributed by atoms with Crippen molar-refractivity contribution in [1.82, 2.24) is 10.3 Å². The number of aromatic nitrogens is 1. The van der Waals surface area contributed by atoms with E-state index in [-0.39, 0.29) is 0 Å². The van der Waals surface area contributed by atoms with E-state index in [1.165, 1.54) is 22.1 Å². The maximum atomic E-state index is 4.97. The van der Waals surface area contributed by atoms with Gasteiger partial charge in [0.05, 0.1) is 5.69 Å². The molecule has 0 saturated carbocycles. The SMILES string of the molecule is CCNC1CC(C)(C)Cc2nc(N(C)CC(C)(C)C)sc21. The Bertz CT molecular complexity index is 485. The minimum absolute atomic E-state index is 0.293. The first-order valence-corrected chi connectivity index (χ1v) is 8.87. The fourth-order valence-corrected chi connectivity index (χ4v) is 4.39. The van der Waals surface area contributed by atoms with Gasteiger partial charge in [0.25, 0.3) is 0 Å². The fraction of sp³-hybridized carbons (Fsp3) is 0.824. The van der Waals surface area contributed by atoms with Crippen LogP contribution in [0.15, 0.2) is 0 Å². The lowest BCUT2D eigenvalue weighted by molar-refractivity contribution is 0.260. The van der Waals surface area contributed by atoms with Crippen LogP contribution in [0.1, 0.15) is 64.6 Å². The molecule has 0 bridgehead atoms. The van der Waals surface area contributed by atoms with Crippen molar-refractivity contribution in [2.75, 3.05) is 25.0 Å². The molecule has 120 valence electrons. The zero-order valence-electron chi connectivity index (χ0n) is 14.7. The Hall–Kier alpha value is -0.610. The second kappa shape index (κ2) is 5.88. The molecule has 1 aliphatic carbocycles. The molecule has 1 aromatic rings. The first-order valence-electron chi connectivity index (χ1n) is 8.05. The molecule has 1 unspecified atom stereocenters. The molecule has 0 aromatic carbocycles. The third-order valence-electron chi connectivity index (χ3n) is 3.92. The fourth-order valence-electron chi connectivity index (χ4n) is 3.27. The van der Waals surface area contributed by atoms with Crippen molar-refractivity contribution in [2.45, 2.75) is 60.4 Å². The topological polar surface area (TPSA) is 28.2 Å². The van der Waals surface area contributed by atoms with Crippen molar-refractivity contribution in [3.63, 3.8) is 0 Å². The van der Waals surface area contributed by atoms with E-state index in [4.69, 9.17) is 4.98 Å². The Labute approximate surface area is 134 Å². The molecule has 21 heavy (non-hydrogen) atoms. The molecule has 0 fully saturated rings. The summed E-state index contributed by atoms with van der Waals surface area (Å²) in [5.74, 6) is 0. The highest BCUT2D eigenvalue weighted by Crippen LogP contribution is 2.44. The van der Waals surface area contributed by atoms with Gasteiger partial charge in [0.15, 0.2) is 5.13 Å². The van der Waals surface area contributed by atoms with Crippen LogP contribution in [0.5, 0.6) is 0 Å². The third kappa shape index (κ3) is 4.19. The van der Waals surface area contributed by atoms with Crippen molar-refractivity contribution in [2.24, 2.45) is 10.8 Å². The number of anilines is 1. The number of nitrogens with one attached hydrogen (secondary N) is 1. The summed E-state index contributed by atoms with van der Waals surface area (Å²) in [5.41, 5.74) is 1.95. The average Bonchev–Trinajstić information content (AvgIpc) is 2.69. The summed E-state index contributed by atoms with van der Waals surface area (Å²) in [6.45, 7) is 15.8. The van der Waals surface area contributed by atoms with Crippen LogP contribution in [0.25, 0.3) is 0 Å². The molecule has 1 N–H and O–H groups in total. The largest absolute Gasteiger partial charge is 0.351 e. The van der Waals surface area contributed by atoms with E-state index < -0.39 is 0 Å². The van der Waals surface area contributed by atoms with Gasteiger partial charge in [-0.25, -0.2) is 4.98 Å². The number of hydrogen-bond donors (Lipinski definition) is 1. The highest BCUT2D eigenvalue weighted by molar-refractivity contribution is 7.15. The first-order chi connectivity index (χ1) is 9.61. The molecule has 0 amide bonds. The summed E-state index contributed by atoms with van der Waals surface area (Å²) in [6, 6.07) is 0.475. The van der Waals surface area contributed by atoms with Crippen LogP contribution in [0.2, 0.25) is 0 Å². The van der Waals surface area contributed by atoms with E-state index in [0.29, 0.717) is 16.9 Å². The molecule has 1 atom stereocenters. The summed E-state index contributed by atoms with van der Waals surface area (Å²) in [4.78, 5) is 8.75. The second-order valence-corrected chi connectivity index (χ2v) is 9.39. The maximum Gasteiger partial charge on any atom is 0.185 e. The molecule has 0 spiro atoms. The van der Waals surface area contributed by atoms with Crippen LogP contribution in [-0.4, -0.2) is 25.1 Å². The average molecular weight is 310 g/mol. The van der Waals surface area contributed by atoms with Gasteiger partial charge in [-0.05, 0) is 30.2 Å². The molecule has 1 aliphatic rings. The summed E-state index contributed by atoms with van der Waals surface area (Å²) < 4.78 is 0. The van der Waals surface area contributed by atoms with E-state index >= 15 is 0 Å². The Morgan fingerprint density at radius 2 is 2.05 bits per heavy atom. The van der Waals surface area contributed by atoms with Crippen molar-refractivity contribution < 1.29 is 0 Å². The first kappa shape index (κ1) is 16.8. The van der Waals surface area contributed by atoms with Gasteiger partial charge >= 0.3 is 0 Å². The van der Waals surface area contributed by atoms with E-state index in [1.807, 2.05) is 11.3 Å². The van der Waals surface area contributed by atoms with Gasteiger partial charge in [0, 0.05) is 24.5 Å². The van der Waals surface area contributed by atoms with Gasteiger partial charge in [-0.2, -0.15) is 0 Å². The van der Waals surface area contributed by atoms with Crippen LogP contribution >= 0.6 is 11.3 Å². The zero-order valence-corrected chi connectivity index (χ0v) is 15.5. The minimum Gasteiger partial charge on any atom is -0.351 e. The van der Waals surface area contributed by atoms with E-state index in [2.05, 4.69) is 58.8 Å². The second-order valence-electron chi connectivity index (χ2n) is 8.38. The van der Waals surface area contributed by atoms with Crippen molar-refractivity contribution >= 4 is 16.5 Å². The van der Waals surface area contributed by atoms with Gasteiger partial charge in [0.2, 0.25) is 0 Å². The number of nitrogens with zero attached hydrogens (tertiary/aromatic N) is 2. The van der Waals surface area contributed by atoms with Crippen LogP contribution in [0.3, 0.4) is 0 Å². The molecule has 1 aromatic heterocycles. The molecule has 3 nitrogen and oxygen atoms in total. The monoisotopic (exact) mass is 309 g/mol. The Balaban J connectivity index is 2.26. The number of fused-ring (bicyclic) bond motifs is 1. The maximum absolute atomic E-state index is 4.97. The van der Waals surface area contributed by atoms with Crippen LogP contribution in [0, 0.1) is 10.8 Å². The zero-order chi connectivity index (χ0) is 15.8. The lowest BCUT2D eigenvalue weighted by atomic mass is 9.76. The molecule has 0 aliphatic heterocycles. The molecule has 0 saturated heterocycles. The van der Waals surface area contributed by atoms with Gasteiger partial charge in [0.1, 0.15) is 0 Å². The predicted molar refractivity (Wildman–Crippen MR) is 93.4 cm³/mol. The Kier molecular flexibility index (Phi) is 4.69. The number of thiazole rings is 1. The van der Waals surface area contributed by atoms with Crippen molar-refractivity contribution in [1.29, 1.82) is 0 Å². The lowest BCUT2D eigenvalue weighted by Gasteiger charge is -2.34. The Morgan fingerprint density at radius 3 is 2.62 bits per heavy atom. The quantitative estimate of drug-likeness (QED) is 0.901. The van der Waals surface area contributed by atoms with Gasteiger partial charge in [-0.1, -0.05) is 52.9 Å². The van der Waals surface area contributed by atoms with E-state index in [9.17, 15) is 0 Å². The summed E-state index contributed by atoms with van der Waals surface area (Å²) in [7, 11) is 2.17. The molecule has 4 heteroatoms. The van der Waals surface area contributed by atoms with Crippen molar-refractivity contribution in [3.05, 3.63) is 10.6 Å². The number of rotatable bonds is 4. The smallest absolute Gasteiger partial charge is 0.185 e. The Morgan fingerprint density at radius 1 is 1.38 bits per heavy atom. The lowest BCUT2D eigenvalue weighted by Crippen LogP contribution is -2.32. The summed E-state index contributed by atoms with van der Waals surface area (Å²) in [6.07, 6.45) is 2.31. The summed E-state index contributed by atoms with van der Waals surface area (Å²) in [5, 5.41) is 4.83. The predicted octanol–water partition coefficient (Wildman–Crippen LogP) is 4.25. The standard InChI is InChI=1S/C17H31N3S/c1-8-18-12-9-17(5,6)10-13-14(12)21-15(19-13)20(7)11-16(2,3)4/h12,18H,8-11H2,1-7H3. The molecular weight excluding hydrogens is 278 g/mol. The molecular formula is C17H31N3S. The minimum atomic E-state index is 0.293.